The van der Waals surface area contributed by atoms with Gasteiger partial charge in [-0.1, -0.05) is 17.3 Å². The first kappa shape index (κ1) is 20.6. The number of hydrogen-bond acceptors (Lipinski definition) is 7. The lowest BCUT2D eigenvalue weighted by Gasteiger charge is -2.25. The van der Waals surface area contributed by atoms with Crippen molar-refractivity contribution in [2.45, 2.75) is 19.9 Å². The van der Waals surface area contributed by atoms with E-state index in [1.54, 1.807) is 35.9 Å². The molecule has 0 unspecified atom stereocenters. The van der Waals surface area contributed by atoms with Gasteiger partial charge in [-0.05, 0) is 31.5 Å². The molecular formula is C19H22N6O3S. The summed E-state index contributed by atoms with van der Waals surface area (Å²) in [6.45, 7) is 3.71. The van der Waals surface area contributed by atoms with Crippen molar-refractivity contribution in [1.29, 1.82) is 0 Å². The van der Waals surface area contributed by atoms with Gasteiger partial charge < -0.3 is 14.7 Å². The van der Waals surface area contributed by atoms with Crippen LogP contribution in [0.2, 0.25) is 0 Å². The van der Waals surface area contributed by atoms with Crippen molar-refractivity contribution in [1.82, 2.24) is 24.8 Å². The molecule has 0 aliphatic carbocycles. The van der Waals surface area contributed by atoms with Gasteiger partial charge in [0, 0.05) is 13.1 Å². The number of amides is 2. The highest BCUT2D eigenvalue weighted by Gasteiger charge is 2.18. The van der Waals surface area contributed by atoms with Gasteiger partial charge >= 0.3 is 0 Å². The zero-order valence-corrected chi connectivity index (χ0v) is 17.2. The first-order valence-corrected chi connectivity index (χ1v) is 10.1. The summed E-state index contributed by atoms with van der Waals surface area (Å²) in [5.41, 5.74) is 1.91. The fourth-order valence-corrected chi connectivity index (χ4v) is 3.36. The molecule has 10 heteroatoms. The zero-order chi connectivity index (χ0) is 20.8. The molecule has 29 heavy (non-hydrogen) atoms. The average molecular weight is 414 g/mol. The van der Waals surface area contributed by atoms with Crippen LogP contribution in [0.5, 0.6) is 0 Å². The van der Waals surface area contributed by atoms with Crippen LogP contribution < -0.4 is 5.32 Å². The molecule has 0 bridgehead atoms. The van der Waals surface area contributed by atoms with Gasteiger partial charge in [-0.2, -0.15) is 5.10 Å². The molecule has 0 radical (unpaired) electrons. The average Bonchev–Trinajstić information content (AvgIpc) is 3.39. The molecule has 0 aliphatic heterocycles. The number of aryl methyl sites for hydroxylation is 1. The van der Waals surface area contributed by atoms with Crippen LogP contribution in [-0.2, 0) is 9.59 Å². The lowest BCUT2D eigenvalue weighted by molar-refractivity contribution is -0.128. The van der Waals surface area contributed by atoms with E-state index in [0.717, 1.165) is 11.3 Å². The number of anilines is 1. The maximum Gasteiger partial charge on any atom is 0.235 e. The van der Waals surface area contributed by atoms with E-state index in [9.17, 15) is 9.59 Å². The van der Waals surface area contributed by atoms with Crippen LogP contribution in [0.15, 0.2) is 47.5 Å². The van der Waals surface area contributed by atoms with Gasteiger partial charge in [-0.3, -0.25) is 9.59 Å². The molecule has 1 N–H and O–H groups in total. The number of aromatic nitrogens is 4. The van der Waals surface area contributed by atoms with Gasteiger partial charge in [-0.15, -0.1) is 11.8 Å². The van der Waals surface area contributed by atoms with E-state index in [1.165, 1.54) is 18.1 Å². The Hall–Kier alpha value is -3.14. The Balaban J connectivity index is 1.47. The number of carbonyl (C=O) groups is 2. The van der Waals surface area contributed by atoms with Crippen molar-refractivity contribution in [2.75, 3.05) is 23.9 Å². The van der Waals surface area contributed by atoms with Crippen molar-refractivity contribution in [3.63, 3.8) is 0 Å². The van der Waals surface area contributed by atoms with Crippen LogP contribution >= 0.6 is 11.8 Å². The molecule has 0 saturated heterocycles. The van der Waals surface area contributed by atoms with Gasteiger partial charge in [0.05, 0.1) is 23.2 Å². The topological polar surface area (TPSA) is 106 Å². The van der Waals surface area contributed by atoms with E-state index in [0.29, 0.717) is 11.6 Å². The molecule has 2 heterocycles. The van der Waals surface area contributed by atoms with Crippen molar-refractivity contribution in [3.8, 4) is 5.69 Å². The minimum Gasteiger partial charge on any atom is -0.360 e. The van der Waals surface area contributed by atoms with Crippen molar-refractivity contribution in [3.05, 3.63) is 54.3 Å². The second-order valence-corrected chi connectivity index (χ2v) is 7.46. The summed E-state index contributed by atoms with van der Waals surface area (Å²) in [4.78, 5) is 30.0. The summed E-state index contributed by atoms with van der Waals surface area (Å²) in [5.74, 6) is 1.09. The number of hydrogen-bond donors (Lipinski definition) is 1. The maximum atomic E-state index is 12.5. The number of nitrogens with one attached hydrogen (secondary N) is 1. The summed E-state index contributed by atoms with van der Waals surface area (Å²) < 4.78 is 6.57. The summed E-state index contributed by atoms with van der Waals surface area (Å²) in [5, 5.41) is 10.4. The first-order valence-electron chi connectivity index (χ1n) is 8.95. The Labute approximate surface area is 172 Å². The Kier molecular flexibility index (Phi) is 6.65. The quantitative estimate of drug-likeness (QED) is 0.603. The summed E-state index contributed by atoms with van der Waals surface area (Å²) in [6.07, 6.45) is 3.11. The third kappa shape index (κ3) is 5.44. The lowest BCUT2D eigenvalue weighted by atomic mass is 10.1. The zero-order valence-electron chi connectivity index (χ0n) is 16.4. The Morgan fingerprint density at radius 2 is 2.03 bits per heavy atom. The predicted octanol–water partition coefficient (Wildman–Crippen LogP) is 2.46. The molecule has 1 aromatic carbocycles. The second-order valence-electron chi connectivity index (χ2n) is 6.48. The van der Waals surface area contributed by atoms with Crippen LogP contribution in [0.4, 0.5) is 5.82 Å². The van der Waals surface area contributed by atoms with E-state index in [2.05, 4.69) is 20.6 Å². The lowest BCUT2D eigenvalue weighted by Crippen LogP contribution is -2.31. The molecular weight excluding hydrogens is 392 g/mol. The van der Waals surface area contributed by atoms with Gasteiger partial charge in [0.15, 0.2) is 5.82 Å². The standard InChI is InChI=1S/C19H22N6O3S/c1-13-8-17(23-28-13)22-18(26)9-29-10-19(27)24(3)14(2)15-4-6-16(7-5-15)25-12-20-11-21-25/h4-8,11-12,14H,9-10H2,1-3H3,(H,22,23,26)/t14-/m1/s1. The predicted molar refractivity (Wildman–Crippen MR) is 110 cm³/mol. The molecule has 0 fully saturated rings. The van der Waals surface area contributed by atoms with E-state index in [4.69, 9.17) is 4.52 Å². The highest BCUT2D eigenvalue weighted by molar-refractivity contribution is 8.00. The van der Waals surface area contributed by atoms with Crippen LogP contribution in [0.1, 0.15) is 24.3 Å². The Morgan fingerprint density at radius 1 is 1.28 bits per heavy atom. The molecule has 0 saturated carbocycles. The van der Waals surface area contributed by atoms with Crippen LogP contribution in [0.25, 0.3) is 5.69 Å². The van der Waals surface area contributed by atoms with E-state index < -0.39 is 0 Å². The fourth-order valence-electron chi connectivity index (χ4n) is 2.62. The number of benzene rings is 1. The van der Waals surface area contributed by atoms with Crippen molar-refractivity contribution in [2.24, 2.45) is 0 Å². The van der Waals surface area contributed by atoms with Crippen LogP contribution in [-0.4, -0.2) is 55.2 Å². The minimum atomic E-state index is -0.226. The minimum absolute atomic E-state index is 0.0482. The van der Waals surface area contributed by atoms with E-state index >= 15 is 0 Å². The van der Waals surface area contributed by atoms with Gasteiger partial charge in [-0.25, -0.2) is 9.67 Å². The van der Waals surface area contributed by atoms with E-state index in [-0.39, 0.29) is 29.4 Å². The highest BCUT2D eigenvalue weighted by atomic mass is 32.2. The highest BCUT2D eigenvalue weighted by Crippen LogP contribution is 2.21. The molecule has 3 aromatic rings. The molecule has 0 aliphatic rings. The van der Waals surface area contributed by atoms with Gasteiger partial charge in [0.2, 0.25) is 11.8 Å². The van der Waals surface area contributed by atoms with Gasteiger partial charge in [0.25, 0.3) is 0 Å². The Bertz CT molecular complexity index is 955. The summed E-state index contributed by atoms with van der Waals surface area (Å²) >= 11 is 1.26. The van der Waals surface area contributed by atoms with Crippen LogP contribution in [0, 0.1) is 6.92 Å². The van der Waals surface area contributed by atoms with Crippen LogP contribution in [0.3, 0.4) is 0 Å². The summed E-state index contributed by atoms with van der Waals surface area (Å²) in [7, 11) is 1.76. The molecule has 2 amide bonds. The monoisotopic (exact) mass is 414 g/mol. The molecule has 3 rings (SSSR count). The fraction of sp³-hybridized carbons (Fsp3) is 0.316. The Morgan fingerprint density at radius 3 is 2.66 bits per heavy atom. The van der Waals surface area contributed by atoms with Crippen molar-refractivity contribution < 1.29 is 14.1 Å². The van der Waals surface area contributed by atoms with Crippen molar-refractivity contribution >= 4 is 29.4 Å². The normalized spacial score (nSPS) is 11.8. The second kappa shape index (κ2) is 9.37. The molecule has 152 valence electrons. The maximum absolute atomic E-state index is 12.5. The number of thioether (sulfide) groups is 1. The smallest absolute Gasteiger partial charge is 0.235 e. The third-order valence-corrected chi connectivity index (χ3v) is 5.30. The number of carbonyl (C=O) groups excluding carboxylic acids is 2. The molecule has 2 aromatic heterocycles. The molecule has 0 spiro atoms. The van der Waals surface area contributed by atoms with Gasteiger partial charge in [0.1, 0.15) is 18.4 Å². The SMILES string of the molecule is Cc1cc(NC(=O)CSCC(=O)N(C)[C@H](C)c2ccc(-n3cncn3)cc2)no1. The summed E-state index contributed by atoms with van der Waals surface area (Å²) in [6, 6.07) is 9.34. The van der Waals surface area contributed by atoms with E-state index in [1.807, 2.05) is 31.2 Å². The molecule has 9 nitrogen and oxygen atoms in total. The number of nitrogens with zero attached hydrogens (tertiary/aromatic N) is 5. The molecule has 1 atom stereocenters. The first-order chi connectivity index (χ1) is 13.9. The number of rotatable bonds is 8. The third-order valence-electron chi connectivity index (χ3n) is 4.39. The largest absolute Gasteiger partial charge is 0.360 e.